The third kappa shape index (κ3) is 2.51. The smallest absolute Gasteiger partial charge is 0.253 e. The van der Waals surface area contributed by atoms with Gasteiger partial charge in [-0.05, 0) is 19.3 Å². The number of nitrogens with zero attached hydrogens (tertiary/aromatic N) is 1. The summed E-state index contributed by atoms with van der Waals surface area (Å²) >= 11 is 1.39. The van der Waals surface area contributed by atoms with E-state index in [2.05, 4.69) is 9.97 Å². The molecule has 1 saturated carbocycles. The Kier molecular flexibility index (Phi) is 2.97. The molecule has 1 aromatic rings. The molecule has 5 nitrogen and oxygen atoms in total. The number of aliphatic hydroxyl groups is 1. The minimum atomic E-state index is -0.304. The Balaban J connectivity index is 2.13. The number of H-pyrrole nitrogens is 1. The van der Waals surface area contributed by atoms with Crippen molar-refractivity contribution in [3.05, 3.63) is 16.4 Å². The van der Waals surface area contributed by atoms with Crippen molar-refractivity contribution in [2.45, 2.75) is 35.8 Å². The fraction of sp³-hybridized carbons (Fsp3) is 0.556. The minimum absolute atomic E-state index is 0.120. The Hall–Kier alpha value is -1.01. The summed E-state index contributed by atoms with van der Waals surface area (Å²) in [5.41, 5.74) is 5.21. The molecule has 0 saturated heterocycles. The molecule has 0 aromatic carbocycles. The van der Waals surface area contributed by atoms with Crippen LogP contribution in [0.25, 0.3) is 0 Å². The zero-order valence-corrected chi connectivity index (χ0v) is 8.96. The van der Waals surface area contributed by atoms with E-state index in [4.69, 9.17) is 5.73 Å². The van der Waals surface area contributed by atoms with Crippen LogP contribution in [-0.4, -0.2) is 26.4 Å². The van der Waals surface area contributed by atoms with Crippen molar-refractivity contribution in [2.75, 3.05) is 5.73 Å². The molecular weight excluding hydrogens is 214 g/mol. The number of hydrogen-bond acceptors (Lipinski definition) is 5. The molecule has 1 heterocycles. The maximum absolute atomic E-state index is 11.1. The van der Waals surface area contributed by atoms with Crippen LogP contribution in [0.5, 0.6) is 0 Å². The molecule has 0 spiro atoms. The van der Waals surface area contributed by atoms with Gasteiger partial charge in [0.2, 0.25) is 0 Å². The van der Waals surface area contributed by atoms with Gasteiger partial charge in [-0.3, -0.25) is 4.79 Å². The molecule has 1 aliphatic rings. The van der Waals surface area contributed by atoms with Crippen molar-refractivity contribution < 1.29 is 5.11 Å². The molecular formula is C9H13N3O2S. The van der Waals surface area contributed by atoms with Crippen LogP contribution in [0.4, 0.5) is 5.82 Å². The lowest BCUT2D eigenvalue weighted by Crippen LogP contribution is -2.17. The second-order valence-electron chi connectivity index (χ2n) is 3.63. The second kappa shape index (κ2) is 4.24. The average Bonchev–Trinajstić information content (AvgIpc) is 2.50. The highest BCUT2D eigenvalue weighted by Gasteiger charge is 2.26. The molecule has 0 unspecified atom stereocenters. The molecule has 0 bridgehead atoms. The van der Waals surface area contributed by atoms with E-state index in [0.717, 1.165) is 19.3 Å². The third-order valence-corrected chi connectivity index (χ3v) is 3.69. The zero-order chi connectivity index (χ0) is 10.8. The summed E-state index contributed by atoms with van der Waals surface area (Å²) in [5.74, 6) is 0.216. The van der Waals surface area contributed by atoms with Crippen LogP contribution in [0.15, 0.2) is 16.0 Å². The van der Waals surface area contributed by atoms with Crippen LogP contribution in [-0.2, 0) is 0 Å². The van der Waals surface area contributed by atoms with Crippen molar-refractivity contribution in [3.63, 3.8) is 0 Å². The van der Waals surface area contributed by atoms with Gasteiger partial charge in [0.15, 0.2) is 5.16 Å². The third-order valence-electron chi connectivity index (χ3n) is 2.42. The van der Waals surface area contributed by atoms with E-state index in [1.165, 1.54) is 17.8 Å². The number of nitrogens with two attached hydrogens (primary N) is 1. The quantitative estimate of drug-likeness (QED) is 0.634. The Labute approximate surface area is 91.1 Å². The van der Waals surface area contributed by atoms with Crippen LogP contribution < -0.4 is 11.3 Å². The summed E-state index contributed by atoms with van der Waals surface area (Å²) in [4.78, 5) is 17.7. The summed E-state index contributed by atoms with van der Waals surface area (Å²) in [5, 5.41) is 10.2. The molecule has 2 rings (SSSR count). The number of nitrogens with one attached hydrogen (secondary N) is 1. The fourth-order valence-electron chi connectivity index (χ4n) is 1.70. The van der Waals surface area contributed by atoms with Gasteiger partial charge < -0.3 is 15.8 Å². The standard InChI is InChI=1S/C9H13N3O2S/c10-7-4-8(14)12-9(11-7)15-6-3-1-2-5(6)13/h4-6,13H,1-3H2,(H3,10,11,12,14)/t5-,6-/m0/s1. The summed E-state index contributed by atoms with van der Waals surface area (Å²) in [6.45, 7) is 0. The van der Waals surface area contributed by atoms with E-state index in [1.54, 1.807) is 0 Å². The van der Waals surface area contributed by atoms with Gasteiger partial charge >= 0.3 is 0 Å². The molecule has 2 atom stereocenters. The molecule has 1 aromatic heterocycles. The lowest BCUT2D eigenvalue weighted by atomic mass is 10.3. The average molecular weight is 227 g/mol. The largest absolute Gasteiger partial charge is 0.392 e. The van der Waals surface area contributed by atoms with Gasteiger partial charge in [-0.2, -0.15) is 0 Å². The molecule has 0 radical (unpaired) electrons. The number of hydrogen-bond donors (Lipinski definition) is 3. The van der Waals surface area contributed by atoms with E-state index >= 15 is 0 Å². The molecule has 1 fully saturated rings. The molecule has 0 aliphatic heterocycles. The number of thioether (sulfide) groups is 1. The topological polar surface area (TPSA) is 92.0 Å². The van der Waals surface area contributed by atoms with Crippen LogP contribution in [0.3, 0.4) is 0 Å². The van der Waals surface area contributed by atoms with Crippen LogP contribution in [0.2, 0.25) is 0 Å². The Morgan fingerprint density at radius 2 is 2.40 bits per heavy atom. The van der Waals surface area contributed by atoms with Crippen LogP contribution in [0.1, 0.15) is 19.3 Å². The highest BCUT2D eigenvalue weighted by molar-refractivity contribution is 7.99. The van der Waals surface area contributed by atoms with Gasteiger partial charge in [-0.15, -0.1) is 0 Å². The summed E-state index contributed by atoms with van der Waals surface area (Å²) in [6.07, 6.45) is 2.49. The maximum Gasteiger partial charge on any atom is 0.253 e. The predicted octanol–water partition coefficient (Wildman–Crippen LogP) is 0.358. The number of aliphatic hydroxyl groups excluding tert-OH is 1. The van der Waals surface area contributed by atoms with Gasteiger partial charge in [0.1, 0.15) is 5.82 Å². The monoisotopic (exact) mass is 227 g/mol. The van der Waals surface area contributed by atoms with E-state index in [9.17, 15) is 9.90 Å². The van der Waals surface area contributed by atoms with Crippen LogP contribution in [0, 0.1) is 0 Å². The summed E-state index contributed by atoms with van der Waals surface area (Å²) < 4.78 is 0. The van der Waals surface area contributed by atoms with Gasteiger partial charge in [-0.25, -0.2) is 4.98 Å². The molecule has 4 N–H and O–H groups in total. The van der Waals surface area contributed by atoms with E-state index < -0.39 is 0 Å². The number of anilines is 1. The van der Waals surface area contributed by atoms with Crippen LogP contribution >= 0.6 is 11.8 Å². The second-order valence-corrected chi connectivity index (χ2v) is 4.86. The van der Waals surface area contributed by atoms with Crippen molar-refractivity contribution in [3.8, 4) is 0 Å². The lowest BCUT2D eigenvalue weighted by Gasteiger charge is -2.12. The van der Waals surface area contributed by atoms with Gasteiger partial charge in [-0.1, -0.05) is 11.8 Å². The zero-order valence-electron chi connectivity index (χ0n) is 8.14. The molecule has 6 heteroatoms. The predicted molar refractivity (Wildman–Crippen MR) is 58.8 cm³/mol. The van der Waals surface area contributed by atoms with Crippen molar-refractivity contribution in [1.29, 1.82) is 0 Å². The van der Waals surface area contributed by atoms with Crippen molar-refractivity contribution in [1.82, 2.24) is 9.97 Å². The van der Waals surface area contributed by atoms with E-state index in [-0.39, 0.29) is 22.7 Å². The molecule has 1 aliphatic carbocycles. The fourth-order valence-corrected chi connectivity index (χ4v) is 2.88. The van der Waals surface area contributed by atoms with Gasteiger partial charge in [0, 0.05) is 11.3 Å². The van der Waals surface area contributed by atoms with E-state index in [0.29, 0.717) is 5.16 Å². The number of rotatable bonds is 2. The van der Waals surface area contributed by atoms with E-state index in [1.807, 2.05) is 0 Å². The SMILES string of the molecule is Nc1cc(=O)[nH]c(S[C@H]2CCC[C@@H]2O)n1. The maximum atomic E-state index is 11.1. The first kappa shape index (κ1) is 10.5. The van der Waals surface area contributed by atoms with Gasteiger partial charge in [0.05, 0.1) is 6.10 Å². The summed E-state index contributed by atoms with van der Waals surface area (Å²) in [7, 11) is 0. The first-order chi connectivity index (χ1) is 7.15. The Morgan fingerprint density at radius 3 is 3.00 bits per heavy atom. The Morgan fingerprint density at radius 1 is 1.60 bits per heavy atom. The first-order valence-corrected chi connectivity index (χ1v) is 5.74. The highest BCUT2D eigenvalue weighted by Crippen LogP contribution is 2.32. The van der Waals surface area contributed by atoms with Crippen molar-refractivity contribution >= 4 is 17.6 Å². The summed E-state index contributed by atoms with van der Waals surface area (Å²) in [6, 6.07) is 1.25. The molecule has 82 valence electrons. The number of aromatic amines is 1. The lowest BCUT2D eigenvalue weighted by molar-refractivity contribution is 0.188. The molecule has 15 heavy (non-hydrogen) atoms. The number of aromatic nitrogens is 2. The number of nitrogen functional groups attached to an aromatic ring is 1. The first-order valence-electron chi connectivity index (χ1n) is 4.87. The van der Waals surface area contributed by atoms with Gasteiger partial charge in [0.25, 0.3) is 5.56 Å². The minimum Gasteiger partial charge on any atom is -0.392 e. The highest BCUT2D eigenvalue weighted by atomic mass is 32.2. The van der Waals surface area contributed by atoms with Crippen molar-refractivity contribution in [2.24, 2.45) is 0 Å². The normalized spacial score (nSPS) is 25.7. The molecule has 0 amide bonds. The Bertz CT molecular complexity index is 407.